The van der Waals surface area contributed by atoms with Crippen molar-refractivity contribution in [2.75, 3.05) is 23.5 Å². The monoisotopic (exact) mass is 398 g/mol. The maximum atomic E-state index is 14.1. The van der Waals surface area contributed by atoms with Gasteiger partial charge in [0, 0.05) is 12.1 Å². The molecule has 5 nitrogen and oxygen atoms in total. The van der Waals surface area contributed by atoms with Gasteiger partial charge in [0.1, 0.15) is 17.6 Å². The first-order valence-corrected chi connectivity index (χ1v) is 10.1. The van der Waals surface area contributed by atoms with E-state index in [1.54, 1.807) is 42.3 Å². The van der Waals surface area contributed by atoms with Crippen LogP contribution in [-0.2, 0) is 4.79 Å². The van der Waals surface area contributed by atoms with Gasteiger partial charge in [0.25, 0.3) is 5.91 Å². The van der Waals surface area contributed by atoms with Crippen LogP contribution in [0.2, 0.25) is 0 Å². The van der Waals surface area contributed by atoms with Gasteiger partial charge < -0.3 is 9.64 Å². The molecule has 0 aliphatic carbocycles. The van der Waals surface area contributed by atoms with E-state index in [9.17, 15) is 14.0 Å². The fraction of sp³-hybridized carbons (Fsp3) is 0.391. The molecule has 154 valence electrons. The highest BCUT2D eigenvalue weighted by Gasteiger charge is 2.40. The van der Waals surface area contributed by atoms with Gasteiger partial charge in [0.2, 0.25) is 5.91 Å². The third-order valence-corrected chi connectivity index (χ3v) is 5.28. The summed E-state index contributed by atoms with van der Waals surface area (Å²) in [5, 5.41) is 0. The maximum absolute atomic E-state index is 14.1. The molecule has 3 rings (SSSR count). The summed E-state index contributed by atoms with van der Waals surface area (Å²) in [4.78, 5) is 29.8. The van der Waals surface area contributed by atoms with Gasteiger partial charge in [-0.05, 0) is 55.3 Å². The summed E-state index contributed by atoms with van der Waals surface area (Å²) < 4.78 is 19.3. The normalized spacial score (nSPS) is 16.0. The predicted octanol–water partition coefficient (Wildman–Crippen LogP) is 4.80. The smallest absolute Gasteiger partial charge is 0.259 e. The molecule has 1 aliphatic heterocycles. The van der Waals surface area contributed by atoms with Crippen molar-refractivity contribution >= 4 is 23.2 Å². The summed E-state index contributed by atoms with van der Waals surface area (Å²) in [5.41, 5.74) is 1.44. The summed E-state index contributed by atoms with van der Waals surface area (Å²) in [6.45, 7) is 4.53. The molecule has 1 heterocycles. The van der Waals surface area contributed by atoms with Gasteiger partial charge in [-0.15, -0.1) is 0 Å². The van der Waals surface area contributed by atoms with Crippen molar-refractivity contribution in [2.45, 2.75) is 45.6 Å². The molecule has 0 radical (unpaired) electrons. The Bertz CT molecular complexity index is 882. The van der Waals surface area contributed by atoms with Crippen LogP contribution in [-0.4, -0.2) is 31.5 Å². The lowest BCUT2D eigenvalue weighted by Crippen LogP contribution is -2.55. The zero-order valence-electron chi connectivity index (χ0n) is 17.2. The van der Waals surface area contributed by atoms with Crippen LogP contribution >= 0.6 is 0 Å². The largest absolute Gasteiger partial charge is 0.497 e. The van der Waals surface area contributed by atoms with Crippen LogP contribution < -0.4 is 14.5 Å². The van der Waals surface area contributed by atoms with Gasteiger partial charge in [-0.25, -0.2) is 4.39 Å². The lowest BCUT2D eigenvalue weighted by atomic mass is 10.0. The number of carbonyl (C=O) groups is 2. The van der Waals surface area contributed by atoms with Crippen molar-refractivity contribution in [3.8, 4) is 5.75 Å². The summed E-state index contributed by atoms with van der Waals surface area (Å²) in [6.07, 6.45) is 3.35. The zero-order valence-corrected chi connectivity index (χ0v) is 17.2. The molecule has 0 N–H and O–H groups in total. The van der Waals surface area contributed by atoms with Crippen LogP contribution in [0.5, 0.6) is 5.75 Å². The highest BCUT2D eigenvalue weighted by Crippen LogP contribution is 2.38. The first-order chi connectivity index (χ1) is 14.0. The molecule has 0 fully saturated rings. The molecular weight excluding hydrogens is 371 g/mol. The summed E-state index contributed by atoms with van der Waals surface area (Å²) in [6, 6.07) is 10.3. The minimum Gasteiger partial charge on any atom is -0.497 e. The van der Waals surface area contributed by atoms with Crippen molar-refractivity contribution in [3.05, 3.63) is 53.8 Å². The first-order valence-electron chi connectivity index (χ1n) is 10.1. The molecule has 0 aromatic heterocycles. The number of carbonyl (C=O) groups excluding carboxylic acids is 2. The maximum Gasteiger partial charge on any atom is 0.259 e. The second-order valence-electron chi connectivity index (χ2n) is 7.16. The fourth-order valence-corrected chi connectivity index (χ4v) is 3.73. The van der Waals surface area contributed by atoms with E-state index in [4.69, 9.17) is 4.74 Å². The molecule has 2 aromatic carbocycles. The number of nitrogens with zero attached hydrogens (tertiary/aromatic N) is 2. The Morgan fingerprint density at radius 1 is 1.07 bits per heavy atom. The molecule has 29 heavy (non-hydrogen) atoms. The van der Waals surface area contributed by atoms with Crippen molar-refractivity contribution in [1.29, 1.82) is 0 Å². The average molecular weight is 398 g/mol. The number of benzene rings is 2. The highest BCUT2D eigenvalue weighted by molar-refractivity contribution is 6.17. The van der Waals surface area contributed by atoms with E-state index in [0.717, 1.165) is 19.3 Å². The molecular formula is C23H27FN2O3. The fourth-order valence-electron chi connectivity index (χ4n) is 3.73. The van der Waals surface area contributed by atoms with Gasteiger partial charge >= 0.3 is 0 Å². The van der Waals surface area contributed by atoms with Crippen molar-refractivity contribution in [2.24, 2.45) is 0 Å². The first kappa shape index (κ1) is 20.8. The third kappa shape index (κ3) is 4.11. The Hall–Kier alpha value is -2.89. The molecule has 6 heteroatoms. The number of halogens is 1. The molecule has 0 saturated heterocycles. The average Bonchev–Trinajstić information content (AvgIpc) is 2.74. The molecule has 2 amide bonds. The van der Waals surface area contributed by atoms with E-state index in [0.29, 0.717) is 35.7 Å². The Morgan fingerprint density at radius 3 is 2.41 bits per heavy atom. The lowest BCUT2D eigenvalue weighted by molar-refractivity contribution is -0.120. The summed E-state index contributed by atoms with van der Waals surface area (Å²) in [7, 11) is 1.55. The van der Waals surface area contributed by atoms with Crippen LogP contribution in [0.3, 0.4) is 0 Å². The molecule has 2 aromatic rings. The van der Waals surface area contributed by atoms with Crippen LogP contribution in [0.15, 0.2) is 42.5 Å². The van der Waals surface area contributed by atoms with E-state index in [1.807, 2.05) is 6.92 Å². The van der Waals surface area contributed by atoms with Crippen LogP contribution in [0, 0.1) is 5.82 Å². The second-order valence-corrected chi connectivity index (χ2v) is 7.16. The number of methoxy groups -OCH3 is 1. The minimum absolute atomic E-state index is 0.121. The summed E-state index contributed by atoms with van der Waals surface area (Å²) >= 11 is 0. The molecule has 0 saturated carbocycles. The van der Waals surface area contributed by atoms with Crippen molar-refractivity contribution in [1.82, 2.24) is 0 Å². The number of rotatable bonds is 7. The Kier molecular flexibility index (Phi) is 6.52. The van der Waals surface area contributed by atoms with Gasteiger partial charge in [-0.1, -0.05) is 26.7 Å². The number of unbranched alkanes of at least 4 members (excludes halogenated alkanes) is 2. The number of anilines is 2. The van der Waals surface area contributed by atoms with E-state index in [2.05, 4.69) is 6.92 Å². The standard InChI is InChI=1S/C23H27FN2O3/c1-4-6-7-14-25-20-13-10-17(24)15-21(20)26(19(5-2)23(25)28)22(27)16-8-11-18(29-3)12-9-16/h8-13,15,19H,4-7,14H2,1-3H3/t19-/m1/s1. The molecule has 0 unspecified atom stereocenters. The number of amides is 2. The highest BCUT2D eigenvalue weighted by atomic mass is 19.1. The Morgan fingerprint density at radius 2 is 1.79 bits per heavy atom. The van der Waals surface area contributed by atoms with Gasteiger partial charge in [0.05, 0.1) is 18.5 Å². The van der Waals surface area contributed by atoms with E-state index in [1.165, 1.54) is 17.0 Å². The Labute approximate surface area is 171 Å². The van der Waals surface area contributed by atoms with E-state index < -0.39 is 11.9 Å². The predicted molar refractivity (Wildman–Crippen MR) is 112 cm³/mol. The SMILES string of the molecule is CCCCCN1C(=O)[C@@H](CC)N(C(=O)c2ccc(OC)cc2)c2cc(F)ccc21. The molecule has 1 aliphatic rings. The Balaban J connectivity index is 2.04. The minimum atomic E-state index is -0.666. The van der Waals surface area contributed by atoms with Crippen LogP contribution in [0.4, 0.5) is 15.8 Å². The van der Waals surface area contributed by atoms with E-state index >= 15 is 0 Å². The molecule has 0 spiro atoms. The van der Waals surface area contributed by atoms with Gasteiger partial charge in [-0.3, -0.25) is 14.5 Å². The summed E-state index contributed by atoms with van der Waals surface area (Å²) in [5.74, 6) is -0.247. The third-order valence-electron chi connectivity index (χ3n) is 5.28. The van der Waals surface area contributed by atoms with Crippen molar-refractivity contribution in [3.63, 3.8) is 0 Å². The molecule has 0 bridgehead atoms. The molecule has 1 atom stereocenters. The quantitative estimate of drug-likeness (QED) is 0.630. The van der Waals surface area contributed by atoms with Gasteiger partial charge in [0.15, 0.2) is 0 Å². The topological polar surface area (TPSA) is 49.9 Å². The number of fused-ring (bicyclic) bond motifs is 1. The van der Waals surface area contributed by atoms with Gasteiger partial charge in [-0.2, -0.15) is 0 Å². The van der Waals surface area contributed by atoms with Crippen LogP contribution in [0.25, 0.3) is 0 Å². The van der Waals surface area contributed by atoms with Crippen LogP contribution in [0.1, 0.15) is 49.9 Å². The van der Waals surface area contributed by atoms with Crippen molar-refractivity contribution < 1.29 is 18.7 Å². The number of hydrogen-bond donors (Lipinski definition) is 0. The second kappa shape index (κ2) is 9.07. The number of ether oxygens (including phenoxy) is 1. The lowest BCUT2D eigenvalue weighted by Gasteiger charge is -2.41. The zero-order chi connectivity index (χ0) is 21.0. The number of hydrogen-bond acceptors (Lipinski definition) is 3. The van der Waals surface area contributed by atoms with E-state index in [-0.39, 0.29) is 11.8 Å².